The van der Waals surface area contributed by atoms with Crippen LogP contribution in [0.3, 0.4) is 0 Å². The fraction of sp³-hybridized carbons (Fsp3) is 0.619. The van der Waals surface area contributed by atoms with Gasteiger partial charge < -0.3 is 9.47 Å². The van der Waals surface area contributed by atoms with E-state index in [1.165, 1.54) is 44.2 Å². The van der Waals surface area contributed by atoms with E-state index in [0.717, 1.165) is 25.7 Å². The number of rotatable bonds is 15. The molecule has 0 aliphatic heterocycles. The van der Waals surface area contributed by atoms with Gasteiger partial charge in [-0.2, -0.15) is 0 Å². The van der Waals surface area contributed by atoms with Crippen LogP contribution in [-0.2, 0) is 19.6 Å². The van der Waals surface area contributed by atoms with Crippen molar-refractivity contribution in [3.63, 3.8) is 0 Å². The van der Waals surface area contributed by atoms with Crippen molar-refractivity contribution in [1.29, 1.82) is 0 Å². The first kappa shape index (κ1) is 23.8. The standard InChI is InChI=1S/C21H32O7/c1-3-5-6-7-8-9-10-11-17-25-21(23)27-28-26-20(22)18-12-14-19(15-13-18)24-16-4-2/h12-15H,3-11,16-17H2,1-2H3. The lowest BCUT2D eigenvalue weighted by atomic mass is 10.1. The molecule has 0 heterocycles. The predicted octanol–water partition coefficient (Wildman–Crippen LogP) is 5.77. The number of carbonyl (C=O) groups is 2. The Morgan fingerprint density at radius 1 is 0.750 bits per heavy atom. The monoisotopic (exact) mass is 396 g/mol. The third-order valence-corrected chi connectivity index (χ3v) is 3.99. The zero-order chi connectivity index (χ0) is 20.5. The molecule has 0 radical (unpaired) electrons. The minimum absolute atomic E-state index is 0.236. The molecule has 158 valence electrons. The normalized spacial score (nSPS) is 10.4. The highest BCUT2D eigenvalue weighted by Gasteiger charge is 2.12. The third kappa shape index (κ3) is 11.4. The van der Waals surface area contributed by atoms with Crippen LogP contribution in [-0.4, -0.2) is 25.3 Å². The lowest BCUT2D eigenvalue weighted by Gasteiger charge is -2.06. The van der Waals surface area contributed by atoms with Crippen LogP contribution in [0.15, 0.2) is 24.3 Å². The van der Waals surface area contributed by atoms with Gasteiger partial charge in [-0.25, -0.2) is 14.5 Å². The molecule has 7 heteroatoms. The highest BCUT2D eigenvalue weighted by Crippen LogP contribution is 2.13. The van der Waals surface area contributed by atoms with Crippen molar-refractivity contribution in [2.24, 2.45) is 0 Å². The Morgan fingerprint density at radius 2 is 1.39 bits per heavy atom. The summed E-state index contributed by atoms with van der Waals surface area (Å²) in [6.45, 7) is 5.04. The first-order chi connectivity index (χ1) is 13.7. The summed E-state index contributed by atoms with van der Waals surface area (Å²) in [5, 5.41) is 4.18. The largest absolute Gasteiger partial charge is 0.543 e. The molecule has 0 atom stereocenters. The highest BCUT2D eigenvalue weighted by atomic mass is 17.5. The van der Waals surface area contributed by atoms with Crippen molar-refractivity contribution < 1.29 is 33.9 Å². The minimum atomic E-state index is -1.04. The minimum Gasteiger partial charge on any atom is -0.494 e. The maximum absolute atomic E-state index is 11.8. The van der Waals surface area contributed by atoms with Crippen LogP contribution < -0.4 is 4.74 Å². The summed E-state index contributed by atoms with van der Waals surface area (Å²) in [5.41, 5.74) is 0.236. The van der Waals surface area contributed by atoms with Crippen LogP contribution in [0.2, 0.25) is 0 Å². The summed E-state index contributed by atoms with van der Waals surface area (Å²) >= 11 is 0. The molecule has 1 rings (SSSR count). The van der Waals surface area contributed by atoms with Gasteiger partial charge in [0.15, 0.2) is 0 Å². The van der Waals surface area contributed by atoms with Gasteiger partial charge >= 0.3 is 12.1 Å². The maximum Gasteiger partial charge on any atom is 0.543 e. The molecule has 0 unspecified atom stereocenters. The molecule has 0 aliphatic carbocycles. The van der Waals surface area contributed by atoms with Crippen molar-refractivity contribution in [3.8, 4) is 5.75 Å². The number of unbranched alkanes of at least 4 members (excludes halogenated alkanes) is 7. The van der Waals surface area contributed by atoms with E-state index in [2.05, 4.69) is 21.7 Å². The van der Waals surface area contributed by atoms with Crippen molar-refractivity contribution >= 4 is 12.1 Å². The summed E-state index contributed by atoms with van der Waals surface area (Å²) in [5.74, 6) is -0.141. The molecule has 0 N–H and O–H groups in total. The molecule has 1 aromatic carbocycles. The molecule has 7 nitrogen and oxygen atoms in total. The number of hydrogen-bond donors (Lipinski definition) is 0. The van der Waals surface area contributed by atoms with E-state index in [1.807, 2.05) is 6.92 Å². The number of hydrogen-bond acceptors (Lipinski definition) is 7. The van der Waals surface area contributed by atoms with E-state index in [4.69, 9.17) is 9.47 Å². The van der Waals surface area contributed by atoms with Gasteiger partial charge in [-0.3, -0.25) is 4.89 Å². The van der Waals surface area contributed by atoms with Crippen LogP contribution in [0.1, 0.15) is 82.0 Å². The SMILES string of the molecule is CCCCCCCCCCOC(=O)OOOC(=O)c1ccc(OCCC)cc1. The molecule has 0 aliphatic rings. The Labute approximate surface area is 167 Å². The molecular weight excluding hydrogens is 364 g/mol. The van der Waals surface area contributed by atoms with Gasteiger partial charge in [-0.05, 0) is 37.1 Å². The number of benzene rings is 1. The Kier molecular flexibility index (Phi) is 13.4. The van der Waals surface area contributed by atoms with Crippen LogP contribution >= 0.6 is 0 Å². The van der Waals surface area contributed by atoms with Crippen LogP contribution in [0.5, 0.6) is 5.75 Å². The van der Waals surface area contributed by atoms with Gasteiger partial charge in [-0.15, -0.1) is 0 Å². The van der Waals surface area contributed by atoms with Crippen LogP contribution in [0.4, 0.5) is 4.79 Å². The van der Waals surface area contributed by atoms with Gasteiger partial charge in [0.25, 0.3) is 0 Å². The molecule has 0 saturated carbocycles. The fourth-order valence-electron chi connectivity index (χ4n) is 2.45. The fourth-order valence-corrected chi connectivity index (χ4v) is 2.45. The maximum atomic E-state index is 11.8. The summed E-state index contributed by atoms with van der Waals surface area (Å²) < 4.78 is 10.3. The van der Waals surface area contributed by atoms with Crippen LogP contribution in [0.25, 0.3) is 0 Å². The van der Waals surface area contributed by atoms with Crippen LogP contribution in [0, 0.1) is 0 Å². The zero-order valence-electron chi connectivity index (χ0n) is 16.9. The van der Waals surface area contributed by atoms with E-state index in [0.29, 0.717) is 12.4 Å². The van der Waals surface area contributed by atoms with Gasteiger partial charge in [-0.1, -0.05) is 58.8 Å². The van der Waals surface area contributed by atoms with Crippen molar-refractivity contribution in [2.75, 3.05) is 13.2 Å². The molecular formula is C21H32O7. The lowest BCUT2D eigenvalue weighted by Crippen LogP contribution is -2.12. The molecule has 28 heavy (non-hydrogen) atoms. The Balaban J connectivity index is 2.05. The first-order valence-corrected chi connectivity index (χ1v) is 10.1. The van der Waals surface area contributed by atoms with Crippen molar-refractivity contribution in [1.82, 2.24) is 0 Å². The smallest absolute Gasteiger partial charge is 0.494 e. The molecule has 0 spiro atoms. The Morgan fingerprint density at radius 3 is 2.04 bits per heavy atom. The molecule has 0 saturated heterocycles. The topological polar surface area (TPSA) is 80.3 Å². The predicted molar refractivity (Wildman–Crippen MR) is 104 cm³/mol. The molecule has 0 bridgehead atoms. The van der Waals surface area contributed by atoms with E-state index in [1.54, 1.807) is 12.1 Å². The van der Waals surface area contributed by atoms with Gasteiger partial charge in [0.1, 0.15) is 5.75 Å². The molecule has 1 aromatic rings. The molecule has 0 amide bonds. The summed E-state index contributed by atoms with van der Waals surface area (Å²) in [6, 6.07) is 6.34. The van der Waals surface area contributed by atoms with Gasteiger partial charge in [0, 0.05) is 0 Å². The summed E-state index contributed by atoms with van der Waals surface area (Å²) in [6.07, 6.45) is 9.00. The first-order valence-electron chi connectivity index (χ1n) is 10.1. The number of ether oxygens (including phenoxy) is 2. The number of carbonyl (C=O) groups excluding carboxylic acids is 2. The second-order valence-corrected chi connectivity index (χ2v) is 6.47. The average Bonchev–Trinajstić information content (AvgIpc) is 2.71. The van der Waals surface area contributed by atoms with Gasteiger partial charge in [0.2, 0.25) is 0 Å². The van der Waals surface area contributed by atoms with Crippen molar-refractivity contribution in [3.05, 3.63) is 29.8 Å². The van der Waals surface area contributed by atoms with E-state index in [-0.39, 0.29) is 12.2 Å². The second-order valence-electron chi connectivity index (χ2n) is 6.47. The average molecular weight is 396 g/mol. The molecule has 0 fully saturated rings. The Hall–Kier alpha value is -2.28. The zero-order valence-corrected chi connectivity index (χ0v) is 16.9. The third-order valence-electron chi connectivity index (χ3n) is 3.99. The Bertz CT molecular complexity index is 542. The summed E-state index contributed by atoms with van der Waals surface area (Å²) in [4.78, 5) is 31.8. The molecule has 0 aromatic heterocycles. The van der Waals surface area contributed by atoms with E-state index < -0.39 is 12.1 Å². The van der Waals surface area contributed by atoms with E-state index >= 15 is 0 Å². The van der Waals surface area contributed by atoms with Crippen molar-refractivity contribution in [2.45, 2.75) is 71.6 Å². The van der Waals surface area contributed by atoms with Gasteiger partial charge in [0.05, 0.1) is 23.8 Å². The quantitative estimate of drug-likeness (QED) is 0.161. The van der Waals surface area contributed by atoms with E-state index in [9.17, 15) is 9.59 Å². The second kappa shape index (κ2) is 15.7. The summed E-state index contributed by atoms with van der Waals surface area (Å²) in [7, 11) is 0. The lowest BCUT2D eigenvalue weighted by molar-refractivity contribution is -0.452. The highest BCUT2D eigenvalue weighted by molar-refractivity contribution is 5.89.